The molecular formula is C23H30N4O3S. The summed E-state index contributed by atoms with van der Waals surface area (Å²) in [5, 5.41) is 6.83. The summed E-state index contributed by atoms with van der Waals surface area (Å²) in [6.45, 7) is 4.70. The molecule has 1 aliphatic carbocycles. The van der Waals surface area contributed by atoms with Gasteiger partial charge in [-0.1, -0.05) is 30.3 Å². The van der Waals surface area contributed by atoms with Crippen LogP contribution in [0.25, 0.3) is 0 Å². The van der Waals surface area contributed by atoms with Crippen molar-refractivity contribution in [2.24, 2.45) is 4.99 Å². The number of guanidine groups is 1. The normalized spacial score (nSPS) is 20.5. The van der Waals surface area contributed by atoms with E-state index < -0.39 is 10.0 Å². The number of ether oxygens (including phenoxy) is 1. The Morgan fingerprint density at radius 1 is 1.13 bits per heavy atom. The summed E-state index contributed by atoms with van der Waals surface area (Å²) in [7, 11) is -1.69. The van der Waals surface area contributed by atoms with Gasteiger partial charge in [0.2, 0.25) is 10.0 Å². The second-order valence-electron chi connectivity index (χ2n) is 8.77. The zero-order valence-electron chi connectivity index (χ0n) is 18.2. The molecule has 0 amide bonds. The average molecular weight is 443 g/mol. The van der Waals surface area contributed by atoms with Crippen molar-refractivity contribution < 1.29 is 13.2 Å². The Hall–Kier alpha value is -2.58. The average Bonchev–Trinajstić information content (AvgIpc) is 3.53. The highest BCUT2D eigenvalue weighted by molar-refractivity contribution is 7.89. The molecule has 4 rings (SSSR count). The molecule has 0 saturated heterocycles. The van der Waals surface area contributed by atoms with Gasteiger partial charge in [0.1, 0.15) is 11.4 Å². The molecule has 1 fully saturated rings. The van der Waals surface area contributed by atoms with Crippen LogP contribution in [0, 0.1) is 0 Å². The monoisotopic (exact) mass is 442 g/mol. The largest absolute Gasteiger partial charge is 0.487 e. The Balaban J connectivity index is 1.39. The lowest BCUT2D eigenvalue weighted by atomic mass is 9.90. The van der Waals surface area contributed by atoms with E-state index in [0.717, 1.165) is 36.1 Å². The zero-order valence-corrected chi connectivity index (χ0v) is 19.0. The highest BCUT2D eigenvalue weighted by atomic mass is 32.2. The number of hydrogen-bond donors (Lipinski definition) is 3. The van der Waals surface area contributed by atoms with Crippen molar-refractivity contribution in [2.45, 2.75) is 62.2 Å². The molecule has 8 heteroatoms. The van der Waals surface area contributed by atoms with Gasteiger partial charge in [-0.05, 0) is 50.5 Å². The molecule has 1 heterocycles. The van der Waals surface area contributed by atoms with E-state index in [9.17, 15) is 8.42 Å². The van der Waals surface area contributed by atoms with Gasteiger partial charge in [-0.15, -0.1) is 0 Å². The Labute approximate surface area is 184 Å². The van der Waals surface area contributed by atoms with Crippen molar-refractivity contribution in [3.63, 3.8) is 0 Å². The minimum atomic E-state index is -3.43. The van der Waals surface area contributed by atoms with Crippen molar-refractivity contribution in [1.82, 2.24) is 15.4 Å². The molecule has 1 aliphatic heterocycles. The molecule has 1 unspecified atom stereocenters. The van der Waals surface area contributed by atoms with Gasteiger partial charge >= 0.3 is 0 Å². The topological polar surface area (TPSA) is 91.8 Å². The van der Waals surface area contributed by atoms with E-state index in [0.29, 0.717) is 17.4 Å². The van der Waals surface area contributed by atoms with Crippen LogP contribution in [-0.4, -0.2) is 33.1 Å². The zero-order chi connectivity index (χ0) is 22.1. The quantitative estimate of drug-likeness (QED) is 0.472. The molecule has 166 valence electrons. The van der Waals surface area contributed by atoms with E-state index in [1.165, 1.54) is 0 Å². The summed E-state index contributed by atoms with van der Waals surface area (Å²) in [4.78, 5) is 4.66. The SMILES string of the molecule is CN=C(NCc1ccc(S(=O)(=O)NC2CC2)cc1)NC1CC(C)(C)Oc2ccccc21. The van der Waals surface area contributed by atoms with E-state index in [4.69, 9.17) is 4.74 Å². The van der Waals surface area contributed by atoms with Gasteiger partial charge in [0.15, 0.2) is 5.96 Å². The van der Waals surface area contributed by atoms with Crippen LogP contribution in [0.1, 0.15) is 50.3 Å². The molecular weight excluding hydrogens is 412 g/mol. The molecule has 7 nitrogen and oxygen atoms in total. The summed E-state index contributed by atoms with van der Waals surface area (Å²) in [6, 6.07) is 15.2. The number of rotatable bonds is 6. The number of benzene rings is 2. The van der Waals surface area contributed by atoms with Crippen LogP contribution in [0.4, 0.5) is 0 Å². The van der Waals surface area contributed by atoms with E-state index in [-0.39, 0.29) is 17.7 Å². The van der Waals surface area contributed by atoms with Gasteiger partial charge in [-0.25, -0.2) is 13.1 Å². The maximum atomic E-state index is 12.3. The molecule has 1 atom stereocenters. The smallest absolute Gasteiger partial charge is 0.240 e. The maximum absolute atomic E-state index is 12.3. The first-order valence-corrected chi connectivity index (χ1v) is 12.1. The molecule has 0 aromatic heterocycles. The van der Waals surface area contributed by atoms with Crippen molar-refractivity contribution in [3.05, 3.63) is 59.7 Å². The molecule has 0 bridgehead atoms. The van der Waals surface area contributed by atoms with Crippen molar-refractivity contribution in [2.75, 3.05) is 7.05 Å². The van der Waals surface area contributed by atoms with E-state index in [1.54, 1.807) is 19.2 Å². The molecule has 2 aromatic rings. The van der Waals surface area contributed by atoms with Crippen LogP contribution in [-0.2, 0) is 16.6 Å². The van der Waals surface area contributed by atoms with Crippen LogP contribution in [0.3, 0.4) is 0 Å². The lowest BCUT2D eigenvalue weighted by Gasteiger charge is -2.38. The highest BCUT2D eigenvalue weighted by Crippen LogP contribution is 2.39. The third-order valence-corrected chi connectivity index (χ3v) is 7.04. The fourth-order valence-corrected chi connectivity index (χ4v) is 5.06. The first-order chi connectivity index (χ1) is 14.8. The fourth-order valence-electron chi connectivity index (χ4n) is 3.75. The van der Waals surface area contributed by atoms with Crippen molar-refractivity contribution in [1.29, 1.82) is 0 Å². The number of sulfonamides is 1. The van der Waals surface area contributed by atoms with Crippen LogP contribution in [0.15, 0.2) is 58.4 Å². The number of para-hydroxylation sites is 1. The molecule has 2 aromatic carbocycles. The van der Waals surface area contributed by atoms with Crippen molar-refractivity contribution in [3.8, 4) is 5.75 Å². The van der Waals surface area contributed by atoms with Crippen LogP contribution in [0.5, 0.6) is 5.75 Å². The second-order valence-corrected chi connectivity index (χ2v) is 10.5. The van der Waals surface area contributed by atoms with Gasteiger partial charge in [0.25, 0.3) is 0 Å². The van der Waals surface area contributed by atoms with E-state index in [2.05, 4.69) is 40.3 Å². The van der Waals surface area contributed by atoms with Gasteiger partial charge in [0, 0.05) is 31.6 Å². The highest BCUT2D eigenvalue weighted by Gasteiger charge is 2.34. The summed E-state index contributed by atoms with van der Waals surface area (Å²) in [5.41, 5.74) is 1.81. The Kier molecular flexibility index (Phi) is 5.94. The van der Waals surface area contributed by atoms with Crippen LogP contribution < -0.4 is 20.1 Å². The Bertz CT molecular complexity index is 1060. The molecule has 0 radical (unpaired) electrons. The Morgan fingerprint density at radius 3 is 2.52 bits per heavy atom. The van der Waals surface area contributed by atoms with Gasteiger partial charge in [0.05, 0.1) is 10.9 Å². The van der Waals surface area contributed by atoms with Gasteiger partial charge in [-0.3, -0.25) is 4.99 Å². The molecule has 3 N–H and O–H groups in total. The first-order valence-electron chi connectivity index (χ1n) is 10.6. The number of nitrogens with zero attached hydrogens (tertiary/aromatic N) is 1. The van der Waals surface area contributed by atoms with Gasteiger partial charge < -0.3 is 15.4 Å². The lowest BCUT2D eigenvalue weighted by molar-refractivity contribution is 0.0694. The van der Waals surface area contributed by atoms with E-state index >= 15 is 0 Å². The summed E-state index contributed by atoms with van der Waals surface area (Å²) >= 11 is 0. The summed E-state index contributed by atoms with van der Waals surface area (Å²) < 4.78 is 33.4. The van der Waals surface area contributed by atoms with Crippen molar-refractivity contribution >= 4 is 16.0 Å². The first kappa shape index (κ1) is 21.6. The predicted octanol–water partition coefficient (Wildman–Crippen LogP) is 3.09. The number of fused-ring (bicyclic) bond motifs is 1. The second kappa shape index (κ2) is 8.51. The standard InChI is InChI=1S/C23H30N4O3S/c1-23(2)14-20(19-6-4-5-7-21(19)30-23)26-22(24-3)25-15-16-8-12-18(13-9-16)31(28,29)27-17-10-11-17/h4-9,12-13,17,20,27H,10-11,14-15H2,1-3H3,(H2,24,25,26). The number of aliphatic imine (C=N–C) groups is 1. The molecule has 2 aliphatic rings. The number of nitrogens with one attached hydrogen (secondary N) is 3. The lowest BCUT2D eigenvalue weighted by Crippen LogP contribution is -2.45. The molecule has 31 heavy (non-hydrogen) atoms. The summed E-state index contributed by atoms with van der Waals surface area (Å²) in [5.74, 6) is 1.58. The minimum Gasteiger partial charge on any atom is -0.487 e. The number of hydrogen-bond acceptors (Lipinski definition) is 4. The van der Waals surface area contributed by atoms with Gasteiger partial charge in [-0.2, -0.15) is 0 Å². The third-order valence-electron chi connectivity index (χ3n) is 5.50. The van der Waals surface area contributed by atoms with Crippen LogP contribution >= 0.6 is 0 Å². The summed E-state index contributed by atoms with van der Waals surface area (Å²) in [6.07, 6.45) is 2.65. The molecule has 0 spiro atoms. The van der Waals surface area contributed by atoms with Crippen LogP contribution in [0.2, 0.25) is 0 Å². The van der Waals surface area contributed by atoms with E-state index in [1.807, 2.05) is 30.3 Å². The predicted molar refractivity (Wildman–Crippen MR) is 122 cm³/mol. The maximum Gasteiger partial charge on any atom is 0.240 e. The minimum absolute atomic E-state index is 0.0761. The third kappa shape index (κ3) is 5.37. The molecule has 1 saturated carbocycles. The Morgan fingerprint density at radius 2 is 1.84 bits per heavy atom. The fraction of sp³-hybridized carbons (Fsp3) is 0.435.